The Bertz CT molecular complexity index is 1240. The number of thioether (sulfide) groups is 1. The van der Waals surface area contributed by atoms with Crippen LogP contribution in [0.4, 0.5) is 0 Å². The second kappa shape index (κ2) is 7.59. The third-order valence-corrected chi connectivity index (χ3v) is 7.30. The minimum atomic E-state index is -0.105. The van der Waals surface area contributed by atoms with Crippen LogP contribution < -0.4 is 5.56 Å². The number of halogens is 1. The molecular formula is C20H18ClN5OS2. The van der Waals surface area contributed by atoms with Crippen LogP contribution in [0.5, 0.6) is 0 Å². The van der Waals surface area contributed by atoms with Gasteiger partial charge in [0.25, 0.3) is 5.56 Å². The molecule has 4 aromatic rings. The number of fused-ring (bicyclic) bond motifs is 1. The molecule has 0 unspecified atom stereocenters. The number of rotatable bonds is 6. The van der Waals surface area contributed by atoms with Gasteiger partial charge >= 0.3 is 0 Å². The summed E-state index contributed by atoms with van der Waals surface area (Å²) in [7, 11) is 0. The van der Waals surface area contributed by atoms with Crippen molar-refractivity contribution in [1.29, 1.82) is 0 Å². The Kier molecular flexibility index (Phi) is 4.93. The summed E-state index contributed by atoms with van der Waals surface area (Å²) < 4.78 is 2.80. The third kappa shape index (κ3) is 3.72. The number of H-pyrrole nitrogens is 1. The molecule has 9 heteroatoms. The summed E-state index contributed by atoms with van der Waals surface area (Å²) in [6.07, 6.45) is 2.39. The molecule has 1 aromatic carbocycles. The maximum Gasteiger partial charge on any atom is 0.268 e. The maximum absolute atomic E-state index is 12.6. The standard InChI is InChI=1S/C20H18ClN5OS2/c1-2-26-18(12-3-4-12)24-25-20(26)28-10-16-22-14-9-15(29-17(14)19(27)23-16)11-5-7-13(21)8-6-11/h5-9,12H,2-4,10H2,1H3,(H,22,23,27). The average Bonchev–Trinajstić information content (AvgIpc) is 3.33. The quantitative estimate of drug-likeness (QED) is 0.420. The minimum Gasteiger partial charge on any atom is -0.309 e. The Morgan fingerprint density at radius 3 is 2.79 bits per heavy atom. The van der Waals surface area contributed by atoms with Crippen molar-refractivity contribution in [2.45, 2.75) is 43.1 Å². The number of aromatic amines is 1. The fraction of sp³-hybridized carbons (Fsp3) is 0.300. The van der Waals surface area contributed by atoms with Gasteiger partial charge in [-0.2, -0.15) is 0 Å². The Balaban J connectivity index is 1.41. The second-order valence-corrected chi connectivity index (χ2v) is 9.42. The van der Waals surface area contributed by atoms with Crippen molar-refractivity contribution >= 4 is 44.9 Å². The van der Waals surface area contributed by atoms with Crippen LogP contribution in [0.2, 0.25) is 5.02 Å². The van der Waals surface area contributed by atoms with Gasteiger partial charge < -0.3 is 9.55 Å². The van der Waals surface area contributed by atoms with Crippen LogP contribution in [0.25, 0.3) is 20.7 Å². The van der Waals surface area contributed by atoms with E-state index in [1.807, 2.05) is 30.3 Å². The van der Waals surface area contributed by atoms with E-state index in [4.69, 9.17) is 11.6 Å². The van der Waals surface area contributed by atoms with Crippen LogP contribution >= 0.6 is 34.7 Å². The lowest BCUT2D eigenvalue weighted by Crippen LogP contribution is -2.09. The van der Waals surface area contributed by atoms with Crippen molar-refractivity contribution in [1.82, 2.24) is 24.7 Å². The van der Waals surface area contributed by atoms with Gasteiger partial charge in [0.05, 0.1) is 11.3 Å². The van der Waals surface area contributed by atoms with E-state index in [1.165, 1.54) is 24.2 Å². The van der Waals surface area contributed by atoms with E-state index in [2.05, 4.69) is 31.7 Å². The van der Waals surface area contributed by atoms with Gasteiger partial charge in [-0.3, -0.25) is 4.79 Å². The Morgan fingerprint density at radius 2 is 2.07 bits per heavy atom. The SMILES string of the molecule is CCn1c(SCc2nc3cc(-c4ccc(Cl)cc4)sc3c(=O)[nH]2)nnc1C1CC1. The molecule has 0 spiro atoms. The van der Waals surface area contributed by atoms with Crippen LogP contribution in [0, 0.1) is 0 Å². The van der Waals surface area contributed by atoms with Crippen molar-refractivity contribution in [2.75, 3.05) is 0 Å². The second-order valence-electron chi connectivity index (χ2n) is 6.99. The van der Waals surface area contributed by atoms with E-state index in [-0.39, 0.29) is 5.56 Å². The molecule has 3 aromatic heterocycles. The van der Waals surface area contributed by atoms with Crippen LogP contribution in [0.15, 0.2) is 40.3 Å². The molecule has 0 bridgehead atoms. The molecule has 1 saturated carbocycles. The van der Waals surface area contributed by atoms with Crippen molar-refractivity contribution in [2.24, 2.45) is 0 Å². The Morgan fingerprint density at radius 1 is 1.28 bits per heavy atom. The zero-order chi connectivity index (χ0) is 20.0. The summed E-state index contributed by atoms with van der Waals surface area (Å²) in [5.74, 6) is 2.83. The van der Waals surface area contributed by atoms with Gasteiger partial charge in [0.1, 0.15) is 16.3 Å². The Hall–Kier alpha value is -2.16. The summed E-state index contributed by atoms with van der Waals surface area (Å²) in [5, 5.41) is 10.3. The lowest BCUT2D eigenvalue weighted by atomic mass is 10.2. The summed E-state index contributed by atoms with van der Waals surface area (Å²) in [5.41, 5.74) is 1.64. The fourth-order valence-corrected chi connectivity index (χ4v) is 5.30. The highest BCUT2D eigenvalue weighted by Gasteiger charge is 2.30. The van der Waals surface area contributed by atoms with Crippen molar-refractivity contribution in [3.63, 3.8) is 0 Å². The highest BCUT2D eigenvalue weighted by molar-refractivity contribution is 7.98. The van der Waals surface area contributed by atoms with E-state index >= 15 is 0 Å². The third-order valence-electron chi connectivity index (χ3n) is 4.90. The molecule has 148 valence electrons. The summed E-state index contributed by atoms with van der Waals surface area (Å²) in [6.45, 7) is 2.95. The molecule has 0 saturated heterocycles. The predicted molar refractivity (Wildman–Crippen MR) is 118 cm³/mol. The van der Waals surface area contributed by atoms with Gasteiger partial charge in [0, 0.05) is 22.4 Å². The lowest BCUT2D eigenvalue weighted by Gasteiger charge is -2.06. The largest absolute Gasteiger partial charge is 0.309 e. The zero-order valence-electron chi connectivity index (χ0n) is 15.7. The fourth-order valence-electron chi connectivity index (χ4n) is 3.29. The molecule has 0 amide bonds. The smallest absolute Gasteiger partial charge is 0.268 e. The molecule has 5 rings (SSSR count). The lowest BCUT2D eigenvalue weighted by molar-refractivity contribution is 0.643. The van der Waals surface area contributed by atoms with Crippen molar-refractivity contribution < 1.29 is 0 Å². The van der Waals surface area contributed by atoms with Gasteiger partial charge in [0.15, 0.2) is 5.16 Å². The van der Waals surface area contributed by atoms with Gasteiger partial charge in [0.2, 0.25) is 0 Å². The molecule has 1 N–H and O–H groups in total. The summed E-state index contributed by atoms with van der Waals surface area (Å²) >= 11 is 8.98. The van der Waals surface area contributed by atoms with Crippen LogP contribution in [-0.2, 0) is 12.3 Å². The first-order valence-electron chi connectivity index (χ1n) is 9.47. The van der Waals surface area contributed by atoms with Crippen LogP contribution in [0.3, 0.4) is 0 Å². The van der Waals surface area contributed by atoms with E-state index in [9.17, 15) is 4.79 Å². The van der Waals surface area contributed by atoms with E-state index in [1.54, 1.807) is 11.8 Å². The first-order chi connectivity index (χ1) is 14.1. The van der Waals surface area contributed by atoms with Gasteiger partial charge in [-0.05, 0) is 43.5 Å². The van der Waals surface area contributed by atoms with Gasteiger partial charge in [-0.25, -0.2) is 4.98 Å². The molecule has 0 radical (unpaired) electrons. The zero-order valence-corrected chi connectivity index (χ0v) is 18.1. The molecule has 0 aliphatic heterocycles. The molecule has 3 heterocycles. The van der Waals surface area contributed by atoms with Crippen molar-refractivity contribution in [3.8, 4) is 10.4 Å². The summed E-state index contributed by atoms with van der Waals surface area (Å²) in [6, 6.07) is 9.56. The molecule has 6 nitrogen and oxygen atoms in total. The van der Waals surface area contributed by atoms with E-state index in [0.29, 0.717) is 27.2 Å². The van der Waals surface area contributed by atoms with Crippen molar-refractivity contribution in [3.05, 3.63) is 57.4 Å². The summed E-state index contributed by atoms with van der Waals surface area (Å²) in [4.78, 5) is 21.2. The molecule has 1 aliphatic carbocycles. The first kappa shape index (κ1) is 18.8. The number of hydrogen-bond acceptors (Lipinski definition) is 6. The first-order valence-corrected chi connectivity index (χ1v) is 11.6. The minimum absolute atomic E-state index is 0.105. The highest BCUT2D eigenvalue weighted by Crippen LogP contribution is 2.40. The van der Waals surface area contributed by atoms with Crippen LogP contribution in [0.1, 0.15) is 37.3 Å². The van der Waals surface area contributed by atoms with E-state index < -0.39 is 0 Å². The van der Waals surface area contributed by atoms with Gasteiger partial charge in [-0.15, -0.1) is 21.5 Å². The topological polar surface area (TPSA) is 76.5 Å². The Labute approximate surface area is 180 Å². The number of hydrogen-bond donors (Lipinski definition) is 1. The predicted octanol–water partition coefficient (Wildman–Crippen LogP) is 5.09. The molecule has 29 heavy (non-hydrogen) atoms. The van der Waals surface area contributed by atoms with E-state index in [0.717, 1.165) is 33.5 Å². The normalized spacial score (nSPS) is 14.0. The molecule has 1 aliphatic rings. The highest BCUT2D eigenvalue weighted by atomic mass is 35.5. The van der Waals surface area contributed by atoms with Gasteiger partial charge in [-0.1, -0.05) is 35.5 Å². The number of nitrogens with zero attached hydrogens (tertiary/aromatic N) is 4. The molecule has 0 atom stereocenters. The number of nitrogens with one attached hydrogen (secondary N) is 1. The monoisotopic (exact) mass is 443 g/mol. The number of benzene rings is 1. The van der Waals surface area contributed by atoms with Crippen LogP contribution in [-0.4, -0.2) is 24.7 Å². The number of thiophene rings is 1. The molecular weight excluding hydrogens is 426 g/mol. The molecule has 1 fully saturated rings. The average molecular weight is 444 g/mol. The maximum atomic E-state index is 12.6. The number of aromatic nitrogens is 5.